The molecule has 0 radical (unpaired) electrons. The van der Waals surface area contributed by atoms with Crippen molar-refractivity contribution in [3.63, 3.8) is 0 Å². The number of fused-ring (bicyclic) bond motifs is 1. The molecule has 0 saturated carbocycles. The second-order valence-electron chi connectivity index (χ2n) is 4.06. The third-order valence-electron chi connectivity index (χ3n) is 2.58. The molecule has 1 aromatic carbocycles. The molecule has 0 aliphatic carbocycles. The summed E-state index contributed by atoms with van der Waals surface area (Å²) in [5, 5.41) is 16.2. The van der Waals surface area contributed by atoms with E-state index in [0.717, 1.165) is 35.8 Å². The molecule has 0 unspecified atom stereocenters. The number of carboxylic acid groups (broad SMARTS) is 1. The number of carbonyl (C=O) groups excluding carboxylic acids is 1. The van der Waals surface area contributed by atoms with Crippen molar-refractivity contribution >= 4 is 52.0 Å². The van der Waals surface area contributed by atoms with E-state index in [2.05, 4.69) is 24.4 Å². The number of carboxylic acids is 1. The van der Waals surface area contributed by atoms with Crippen molar-refractivity contribution in [3.8, 4) is 0 Å². The topological polar surface area (TPSA) is 102 Å². The average Bonchev–Trinajstić information content (AvgIpc) is 3.13. The van der Waals surface area contributed by atoms with Crippen molar-refractivity contribution in [2.45, 2.75) is 13.3 Å². The van der Waals surface area contributed by atoms with Crippen LogP contribution >= 0.6 is 23.3 Å². The van der Waals surface area contributed by atoms with E-state index >= 15 is 0 Å². The second kappa shape index (κ2) is 7.19. The lowest BCUT2D eigenvalue weighted by atomic mass is 10.2. The van der Waals surface area contributed by atoms with Gasteiger partial charge < -0.3 is 20.5 Å². The maximum atomic E-state index is 9.26. The van der Waals surface area contributed by atoms with Gasteiger partial charge in [-0.15, -0.1) is 0 Å². The van der Waals surface area contributed by atoms with E-state index in [9.17, 15) is 9.90 Å². The summed E-state index contributed by atoms with van der Waals surface area (Å²) < 4.78 is 8.39. The van der Waals surface area contributed by atoms with Crippen LogP contribution < -0.4 is 15.7 Å². The molecule has 0 spiro atoms. The summed E-state index contributed by atoms with van der Waals surface area (Å²) in [6, 6.07) is 3.67. The lowest BCUT2D eigenvalue weighted by molar-refractivity contribution is -0.305. The number of rotatable bonds is 2. The highest BCUT2D eigenvalue weighted by molar-refractivity contribution is 7.00. The lowest BCUT2D eigenvalue weighted by Gasteiger charge is -2.08. The zero-order valence-corrected chi connectivity index (χ0v) is 12.8. The Kier molecular flexibility index (Phi) is 5.29. The standard InChI is InChI=1S/C9H8ClN5S.C3H6O2/c10-5-1-2-6-8(15-16-14-6)7(5)13-9-11-3-4-12-9;1-2-3(4)5/h1-2H,3-4H2,(H2,11,12,13);2H2,1H3,(H,4,5)/p-1. The van der Waals surface area contributed by atoms with E-state index in [1.165, 1.54) is 18.7 Å². The lowest BCUT2D eigenvalue weighted by Crippen LogP contribution is -2.26. The molecular formula is C12H13ClN5O2S-. The van der Waals surface area contributed by atoms with Gasteiger partial charge in [0.1, 0.15) is 11.0 Å². The summed E-state index contributed by atoms with van der Waals surface area (Å²) in [6.07, 6.45) is 0.111. The summed E-state index contributed by atoms with van der Waals surface area (Å²) >= 11 is 7.30. The van der Waals surface area contributed by atoms with Crippen molar-refractivity contribution in [3.05, 3.63) is 17.2 Å². The van der Waals surface area contributed by atoms with Crippen molar-refractivity contribution in [2.24, 2.45) is 4.99 Å². The first kappa shape index (κ1) is 15.5. The Morgan fingerprint density at radius 3 is 2.90 bits per heavy atom. The number of guanidine groups is 1. The van der Waals surface area contributed by atoms with Gasteiger partial charge in [-0.25, -0.2) is 0 Å². The molecule has 0 atom stereocenters. The SMILES string of the molecule is CCC(=O)[O-].Clc1ccc2nsnc2c1NC1=NCCN1. The predicted molar refractivity (Wildman–Crippen MR) is 81.7 cm³/mol. The molecule has 1 aromatic heterocycles. The molecule has 0 amide bonds. The third kappa shape index (κ3) is 4.02. The zero-order valence-electron chi connectivity index (χ0n) is 11.2. The van der Waals surface area contributed by atoms with Gasteiger partial charge in [-0.3, -0.25) is 4.99 Å². The van der Waals surface area contributed by atoms with Crippen LogP contribution in [0.5, 0.6) is 0 Å². The number of halogens is 1. The van der Waals surface area contributed by atoms with Crippen LogP contribution in [0.3, 0.4) is 0 Å². The molecule has 1 aliphatic rings. The molecule has 112 valence electrons. The second-order valence-corrected chi connectivity index (χ2v) is 5.00. The fraction of sp³-hybridized carbons (Fsp3) is 0.333. The van der Waals surface area contributed by atoms with E-state index in [4.69, 9.17) is 11.6 Å². The molecule has 1 aliphatic heterocycles. The first-order valence-electron chi connectivity index (χ1n) is 6.27. The maximum Gasteiger partial charge on any atom is 0.196 e. The molecule has 2 aromatic rings. The van der Waals surface area contributed by atoms with Gasteiger partial charge in [0, 0.05) is 12.5 Å². The monoisotopic (exact) mass is 326 g/mol. The van der Waals surface area contributed by atoms with E-state index < -0.39 is 5.97 Å². The Hall–Kier alpha value is -1.93. The van der Waals surface area contributed by atoms with Crippen LogP contribution in [-0.2, 0) is 4.79 Å². The van der Waals surface area contributed by atoms with Crippen molar-refractivity contribution in [1.29, 1.82) is 0 Å². The first-order chi connectivity index (χ1) is 10.1. The normalized spacial score (nSPS) is 13.1. The van der Waals surface area contributed by atoms with Crippen LogP contribution in [0.2, 0.25) is 5.02 Å². The highest BCUT2D eigenvalue weighted by Gasteiger charge is 2.13. The summed E-state index contributed by atoms with van der Waals surface area (Å²) in [4.78, 5) is 13.5. The van der Waals surface area contributed by atoms with E-state index in [1.54, 1.807) is 0 Å². The smallest absolute Gasteiger partial charge is 0.196 e. The summed E-state index contributed by atoms with van der Waals surface area (Å²) in [6.45, 7) is 3.17. The maximum absolute atomic E-state index is 9.26. The van der Waals surface area contributed by atoms with Crippen LogP contribution in [0.15, 0.2) is 17.1 Å². The molecule has 2 heterocycles. The van der Waals surface area contributed by atoms with Gasteiger partial charge in [0.05, 0.1) is 29.0 Å². The molecular weight excluding hydrogens is 314 g/mol. The Morgan fingerprint density at radius 1 is 1.52 bits per heavy atom. The molecule has 0 bridgehead atoms. The van der Waals surface area contributed by atoms with Crippen molar-refractivity contribution < 1.29 is 9.90 Å². The molecule has 0 saturated heterocycles. The van der Waals surface area contributed by atoms with Gasteiger partial charge in [0.2, 0.25) is 0 Å². The van der Waals surface area contributed by atoms with Crippen LogP contribution in [0.25, 0.3) is 11.0 Å². The van der Waals surface area contributed by atoms with E-state index in [1.807, 2.05) is 12.1 Å². The predicted octanol–water partition coefficient (Wildman–Crippen LogP) is 0.862. The molecule has 3 rings (SSSR count). The van der Waals surface area contributed by atoms with Gasteiger partial charge in [0.15, 0.2) is 5.96 Å². The van der Waals surface area contributed by atoms with Gasteiger partial charge in [-0.05, 0) is 18.6 Å². The minimum absolute atomic E-state index is 0.111. The molecule has 2 N–H and O–H groups in total. The summed E-state index contributed by atoms with van der Waals surface area (Å²) in [5.74, 6) is -0.257. The minimum Gasteiger partial charge on any atom is -0.550 e. The number of carbonyl (C=O) groups is 1. The largest absolute Gasteiger partial charge is 0.550 e. The van der Waals surface area contributed by atoms with Crippen LogP contribution in [0.4, 0.5) is 5.69 Å². The highest BCUT2D eigenvalue weighted by Crippen LogP contribution is 2.29. The number of aliphatic carboxylic acids is 1. The van der Waals surface area contributed by atoms with Gasteiger partial charge in [0.25, 0.3) is 0 Å². The molecule has 0 fully saturated rings. The number of aliphatic imine (C=N–C) groups is 1. The molecule has 9 heteroatoms. The van der Waals surface area contributed by atoms with Gasteiger partial charge >= 0.3 is 0 Å². The Bertz CT molecular complexity index is 673. The Morgan fingerprint density at radius 2 is 2.29 bits per heavy atom. The van der Waals surface area contributed by atoms with Crippen LogP contribution in [-0.4, -0.2) is 33.8 Å². The van der Waals surface area contributed by atoms with Gasteiger partial charge in [-0.2, -0.15) is 8.75 Å². The number of nitrogens with zero attached hydrogens (tertiary/aromatic N) is 3. The zero-order chi connectivity index (χ0) is 15.2. The summed E-state index contributed by atoms with van der Waals surface area (Å²) in [5.41, 5.74) is 2.39. The number of aromatic nitrogens is 2. The Balaban J connectivity index is 0.000000282. The highest BCUT2D eigenvalue weighted by atomic mass is 35.5. The Labute approximate surface area is 130 Å². The number of hydrogen-bond acceptors (Lipinski definition) is 8. The van der Waals surface area contributed by atoms with Crippen LogP contribution in [0, 0.1) is 0 Å². The number of hydrogen-bond donors (Lipinski definition) is 2. The third-order valence-corrected chi connectivity index (χ3v) is 3.44. The van der Waals surface area contributed by atoms with E-state index in [-0.39, 0.29) is 6.42 Å². The van der Waals surface area contributed by atoms with E-state index in [0.29, 0.717) is 5.02 Å². The quantitative estimate of drug-likeness (QED) is 0.848. The fourth-order valence-electron chi connectivity index (χ4n) is 1.55. The minimum atomic E-state index is -0.995. The van der Waals surface area contributed by atoms with Crippen molar-refractivity contribution in [1.82, 2.24) is 14.1 Å². The van der Waals surface area contributed by atoms with Gasteiger partial charge in [-0.1, -0.05) is 18.5 Å². The molecule has 7 nitrogen and oxygen atoms in total. The first-order valence-corrected chi connectivity index (χ1v) is 7.38. The average molecular weight is 327 g/mol. The van der Waals surface area contributed by atoms with Crippen LogP contribution in [0.1, 0.15) is 13.3 Å². The summed E-state index contributed by atoms with van der Waals surface area (Å²) in [7, 11) is 0. The number of anilines is 1. The number of nitrogens with one attached hydrogen (secondary N) is 2. The molecule has 21 heavy (non-hydrogen) atoms. The number of benzene rings is 1. The van der Waals surface area contributed by atoms with Crippen molar-refractivity contribution in [2.75, 3.05) is 18.4 Å². The fourth-order valence-corrected chi connectivity index (χ4v) is 2.29.